The molecule has 4 rings (SSSR count). The first-order chi connectivity index (χ1) is 26.7. The molecule has 0 atom stereocenters. The van der Waals surface area contributed by atoms with Crippen LogP contribution in [0, 0.1) is 0 Å². The Labute approximate surface area is 319 Å². The van der Waals surface area contributed by atoms with Gasteiger partial charge >= 0.3 is 49.4 Å². The number of benzene rings is 4. The maximum absolute atomic E-state index is 14.2. The SMILES string of the molecule is C[OH+]C.FC(F)(F)c1cc([B-](c2cc(C(F)(F)F)cc(C(F)(F)F)c2)(c2cc(C(F)(F)F)cc(C(F)(F)F)c2)c2cc(C(F)(F)F)cc(C(F)(F)F)c2)cc(C(F)(F)F)c1. The Morgan fingerprint density at radius 1 is 0.250 bits per heavy atom. The largest absolute Gasteiger partial charge is 0.438 e. The summed E-state index contributed by atoms with van der Waals surface area (Å²) in [5.74, 6) is 0. The molecule has 0 amide bonds. The highest BCUT2D eigenvalue weighted by molar-refractivity contribution is 7.20. The molecule has 0 aliphatic rings. The van der Waals surface area contributed by atoms with E-state index in [0.29, 0.717) is 0 Å². The molecule has 60 heavy (non-hydrogen) atoms. The van der Waals surface area contributed by atoms with Gasteiger partial charge in [-0.1, -0.05) is 48.5 Å². The van der Waals surface area contributed by atoms with Gasteiger partial charge in [0.25, 0.3) is 0 Å². The Balaban J connectivity index is 0.00000311. The van der Waals surface area contributed by atoms with Gasteiger partial charge in [0.1, 0.15) is 20.4 Å². The molecule has 1 nitrogen and oxygen atoms in total. The number of rotatable bonds is 4. The zero-order chi connectivity index (χ0) is 46.6. The van der Waals surface area contributed by atoms with Crippen LogP contribution in [0.25, 0.3) is 0 Å². The van der Waals surface area contributed by atoms with Gasteiger partial charge in [0.15, 0.2) is 0 Å². The lowest BCUT2D eigenvalue weighted by Crippen LogP contribution is -2.75. The third-order valence-electron chi connectivity index (χ3n) is 8.44. The van der Waals surface area contributed by atoms with E-state index >= 15 is 0 Å². The standard InChI is InChI=1S/C32H12BF24.C2H6O/c34-25(35,36)13-1-14(26(37,38)39)6-21(5-13)33(22-7-15(27(40,41)42)2-16(8-22)28(43,44)45,23-9-17(29(46,47)48)3-18(10-23)30(49,50)51)24-11-19(31(52,53)54)4-20(12-24)32(55,56)57;1-3-2/h1-12H;1-2H3/q-1;/p+1. The zero-order valence-electron chi connectivity index (χ0n) is 29.0. The molecule has 0 aromatic heterocycles. The van der Waals surface area contributed by atoms with E-state index in [0.717, 1.165) is 0 Å². The number of alkyl halides is 24. The Morgan fingerprint density at radius 2 is 0.350 bits per heavy atom. The minimum Gasteiger partial charge on any atom is -0.438 e. The van der Waals surface area contributed by atoms with Gasteiger partial charge in [0.05, 0.1) is 44.5 Å². The summed E-state index contributed by atoms with van der Waals surface area (Å²) in [4.78, 5) is 0. The first-order valence-electron chi connectivity index (χ1n) is 15.5. The van der Waals surface area contributed by atoms with Crippen LogP contribution in [0.4, 0.5) is 105 Å². The van der Waals surface area contributed by atoms with Gasteiger partial charge in [-0.25, -0.2) is 0 Å². The molecule has 0 aliphatic carbocycles. The van der Waals surface area contributed by atoms with Crippen molar-refractivity contribution in [2.45, 2.75) is 49.4 Å². The first-order valence-corrected chi connectivity index (χ1v) is 15.5. The molecule has 0 heterocycles. The first kappa shape index (κ1) is 49.6. The van der Waals surface area contributed by atoms with Crippen LogP contribution in [0.3, 0.4) is 0 Å². The van der Waals surface area contributed by atoms with Crippen LogP contribution < -0.4 is 21.9 Å². The molecule has 4 aromatic rings. The summed E-state index contributed by atoms with van der Waals surface area (Å²) >= 11 is 0. The Morgan fingerprint density at radius 3 is 0.433 bits per heavy atom. The van der Waals surface area contributed by atoms with Gasteiger partial charge < -0.3 is 4.74 Å². The molecule has 0 bridgehead atoms. The van der Waals surface area contributed by atoms with Gasteiger partial charge in [-0.3, -0.25) is 0 Å². The molecule has 0 unspecified atom stereocenters. The third kappa shape index (κ3) is 10.9. The number of hydrogen-bond donors (Lipinski definition) is 0. The van der Waals surface area contributed by atoms with Crippen LogP contribution in [0.15, 0.2) is 72.8 Å². The van der Waals surface area contributed by atoms with Gasteiger partial charge in [-0.2, -0.15) is 127 Å². The molecule has 332 valence electrons. The van der Waals surface area contributed by atoms with E-state index < -0.39 is 195 Å². The monoisotopic (exact) mass is 910 g/mol. The van der Waals surface area contributed by atoms with Crippen LogP contribution in [-0.4, -0.2) is 25.1 Å². The van der Waals surface area contributed by atoms with Crippen molar-refractivity contribution in [3.05, 3.63) is 117 Å². The Kier molecular flexibility index (Phi) is 13.2. The molecule has 26 heteroatoms. The van der Waals surface area contributed by atoms with Crippen molar-refractivity contribution in [3.8, 4) is 0 Å². The molecule has 0 saturated carbocycles. The lowest BCUT2D eigenvalue weighted by Gasteiger charge is -2.46. The summed E-state index contributed by atoms with van der Waals surface area (Å²) in [5, 5.41) is 0. The normalized spacial score (nSPS) is 13.9. The summed E-state index contributed by atoms with van der Waals surface area (Å²) in [5.41, 5.74) is -30.2. The van der Waals surface area contributed by atoms with Gasteiger partial charge in [-0.15, -0.1) is 0 Å². The Bertz CT molecular complexity index is 1720. The van der Waals surface area contributed by atoms with E-state index in [4.69, 9.17) is 0 Å². The predicted octanol–water partition coefficient (Wildman–Crippen LogP) is 11.0. The second kappa shape index (κ2) is 15.9. The van der Waals surface area contributed by atoms with Crippen molar-refractivity contribution in [2.75, 3.05) is 14.2 Å². The van der Waals surface area contributed by atoms with E-state index in [1.165, 1.54) is 0 Å². The molecule has 0 fully saturated rings. The highest BCUT2D eigenvalue weighted by atomic mass is 19.4. The number of ether oxygens (including phenoxy) is 1. The highest BCUT2D eigenvalue weighted by Gasteiger charge is 2.47. The molecule has 0 aliphatic heterocycles. The van der Waals surface area contributed by atoms with E-state index in [1.54, 1.807) is 14.2 Å². The van der Waals surface area contributed by atoms with Gasteiger partial charge in [-0.05, 0) is 24.3 Å². The minimum absolute atomic E-state index is 0.691. The van der Waals surface area contributed by atoms with Crippen molar-refractivity contribution in [3.63, 3.8) is 0 Å². The number of halogens is 24. The zero-order valence-corrected chi connectivity index (χ0v) is 29.0. The summed E-state index contributed by atoms with van der Waals surface area (Å²) in [6, 6.07) is -8.81. The van der Waals surface area contributed by atoms with Crippen LogP contribution in [0.1, 0.15) is 44.5 Å². The lowest BCUT2D eigenvalue weighted by molar-refractivity contribution is -0.144. The second-order valence-corrected chi connectivity index (χ2v) is 12.7. The fourth-order valence-corrected chi connectivity index (χ4v) is 6.07. The maximum Gasteiger partial charge on any atom is 0.416 e. The summed E-state index contributed by atoms with van der Waals surface area (Å²) in [6.45, 7) is 0. The Hall–Kier alpha value is -4.78. The van der Waals surface area contributed by atoms with E-state index in [-0.39, 0.29) is 0 Å². The van der Waals surface area contributed by atoms with E-state index in [1.807, 2.05) is 0 Å². The summed E-state index contributed by atoms with van der Waals surface area (Å²) in [7, 11) is 3.50. The quantitative estimate of drug-likeness (QED) is 0.110. The van der Waals surface area contributed by atoms with Crippen molar-refractivity contribution < 1.29 is 110 Å². The summed E-state index contributed by atoms with van der Waals surface area (Å²) < 4.78 is 344. The van der Waals surface area contributed by atoms with Crippen LogP contribution >= 0.6 is 0 Å². The van der Waals surface area contributed by atoms with Gasteiger partial charge in [0.2, 0.25) is 0 Å². The van der Waals surface area contributed by atoms with Crippen LogP contribution in [0.5, 0.6) is 0 Å². The molecular weight excluding hydrogens is 891 g/mol. The lowest BCUT2D eigenvalue weighted by atomic mass is 9.12. The summed E-state index contributed by atoms with van der Waals surface area (Å²) in [6.07, 6.45) is -54.8. The van der Waals surface area contributed by atoms with Crippen LogP contribution in [0.2, 0.25) is 0 Å². The fourth-order valence-electron chi connectivity index (χ4n) is 6.07. The minimum atomic E-state index is -6.13. The topological polar surface area (TPSA) is 12.8 Å². The third-order valence-corrected chi connectivity index (χ3v) is 8.44. The molecule has 0 spiro atoms. The average molecular weight is 910 g/mol. The van der Waals surface area contributed by atoms with Crippen molar-refractivity contribution in [2.24, 2.45) is 0 Å². The second-order valence-electron chi connectivity index (χ2n) is 12.7. The average Bonchev–Trinajstić information content (AvgIpc) is 3.05. The fraction of sp³-hybridized carbons (Fsp3) is 0.294. The van der Waals surface area contributed by atoms with Crippen molar-refractivity contribution >= 4 is 28.0 Å². The van der Waals surface area contributed by atoms with Crippen molar-refractivity contribution in [1.82, 2.24) is 0 Å². The van der Waals surface area contributed by atoms with Gasteiger partial charge in [0, 0.05) is 0 Å². The van der Waals surface area contributed by atoms with Crippen molar-refractivity contribution in [1.29, 1.82) is 0 Å². The molecule has 0 radical (unpaired) electrons. The molecular formula is C34H19BF24O. The maximum atomic E-state index is 14.2. The molecule has 1 N–H and O–H groups in total. The van der Waals surface area contributed by atoms with E-state index in [9.17, 15) is 105 Å². The molecule has 4 aromatic carbocycles. The smallest absolute Gasteiger partial charge is 0.416 e. The number of aliphatic hydroxyl groups is 2. The van der Waals surface area contributed by atoms with E-state index in [2.05, 4.69) is 4.74 Å². The molecule has 0 saturated heterocycles. The predicted molar refractivity (Wildman–Crippen MR) is 164 cm³/mol. The highest BCUT2D eigenvalue weighted by Crippen LogP contribution is 2.41. The number of hydrogen-bond acceptors (Lipinski definition) is 0. The van der Waals surface area contributed by atoms with Crippen LogP contribution in [-0.2, 0) is 49.4 Å².